The first-order valence-electron chi connectivity index (χ1n) is 7.09. The molecule has 0 bridgehead atoms. The van der Waals surface area contributed by atoms with Crippen LogP contribution in [0.15, 0.2) is 29.3 Å². The Balaban J connectivity index is 0.00000400. The lowest BCUT2D eigenvalue weighted by Gasteiger charge is -2.22. The number of nitrogens with two attached hydrogens (primary N) is 1. The molecule has 0 heterocycles. The van der Waals surface area contributed by atoms with Gasteiger partial charge in [0, 0.05) is 6.04 Å². The molecule has 5 heteroatoms. The van der Waals surface area contributed by atoms with Crippen LogP contribution in [0.4, 0.5) is 0 Å². The van der Waals surface area contributed by atoms with Gasteiger partial charge in [-0.25, -0.2) is 4.99 Å². The first-order valence-corrected chi connectivity index (χ1v) is 7.09. The molecule has 1 aromatic rings. The fourth-order valence-electron chi connectivity index (χ4n) is 1.88. The normalized spacial score (nSPS) is 12.0. The Bertz CT molecular complexity index is 453. The lowest BCUT2D eigenvalue weighted by molar-refractivity contribution is 0.319. The molecule has 21 heavy (non-hydrogen) atoms. The minimum Gasteiger partial charge on any atom is -0.491 e. The Kier molecular flexibility index (Phi) is 8.70. The lowest BCUT2D eigenvalue weighted by atomic mass is 9.86. The highest BCUT2D eigenvalue weighted by molar-refractivity contribution is 14.0. The molecule has 3 N–H and O–H groups in total. The molecule has 0 fully saturated rings. The number of para-hydroxylation sites is 1. The van der Waals surface area contributed by atoms with Crippen LogP contribution < -0.4 is 15.8 Å². The van der Waals surface area contributed by atoms with E-state index < -0.39 is 0 Å². The average Bonchev–Trinajstić information content (AvgIpc) is 2.33. The first-order chi connectivity index (χ1) is 9.30. The molecule has 120 valence electrons. The van der Waals surface area contributed by atoms with Crippen LogP contribution in [0.25, 0.3) is 0 Å². The van der Waals surface area contributed by atoms with E-state index in [9.17, 15) is 0 Å². The van der Waals surface area contributed by atoms with Crippen LogP contribution in [0.5, 0.6) is 5.75 Å². The van der Waals surface area contributed by atoms with Crippen molar-refractivity contribution in [3.63, 3.8) is 0 Å². The van der Waals surface area contributed by atoms with Gasteiger partial charge in [-0.15, -0.1) is 24.0 Å². The zero-order valence-corrected chi connectivity index (χ0v) is 16.0. The molecule has 1 rings (SSSR count). The average molecular weight is 405 g/mol. The van der Waals surface area contributed by atoms with Crippen LogP contribution in [-0.4, -0.2) is 25.2 Å². The van der Waals surface area contributed by atoms with E-state index in [1.54, 1.807) is 0 Å². The quantitative estimate of drug-likeness (QED) is 0.342. The molecule has 0 atom stereocenters. The maximum Gasteiger partial charge on any atom is 0.188 e. The SMILES string of the molecule is CC(C)NC(N)=NCCOc1ccccc1C(C)(C)C.I. The number of hydrogen-bond acceptors (Lipinski definition) is 2. The molecule has 0 radical (unpaired) electrons. The summed E-state index contributed by atoms with van der Waals surface area (Å²) in [6.07, 6.45) is 0. The van der Waals surface area contributed by atoms with E-state index >= 15 is 0 Å². The van der Waals surface area contributed by atoms with E-state index in [1.165, 1.54) is 5.56 Å². The molecule has 1 aromatic carbocycles. The molecule has 0 unspecified atom stereocenters. The number of aliphatic imine (C=N–C) groups is 1. The van der Waals surface area contributed by atoms with Crippen LogP contribution >= 0.6 is 24.0 Å². The van der Waals surface area contributed by atoms with Gasteiger partial charge in [-0.3, -0.25) is 0 Å². The Morgan fingerprint density at radius 2 is 1.90 bits per heavy atom. The van der Waals surface area contributed by atoms with Crippen molar-refractivity contribution in [1.29, 1.82) is 0 Å². The standard InChI is InChI=1S/C16H27N3O.HI/c1-12(2)19-15(17)18-10-11-20-14-9-7-6-8-13(14)16(3,4)5;/h6-9,12H,10-11H2,1-5H3,(H3,17,18,19);1H. The summed E-state index contributed by atoms with van der Waals surface area (Å²) in [5.74, 6) is 1.39. The van der Waals surface area contributed by atoms with Crippen LogP contribution in [0.1, 0.15) is 40.2 Å². The third-order valence-corrected chi connectivity index (χ3v) is 2.76. The van der Waals surface area contributed by atoms with Crippen molar-refractivity contribution in [3.8, 4) is 5.75 Å². The molecule has 0 aliphatic rings. The number of nitrogens with one attached hydrogen (secondary N) is 1. The second-order valence-corrected chi connectivity index (χ2v) is 6.16. The monoisotopic (exact) mass is 405 g/mol. The molecular formula is C16H28IN3O. The molecule has 0 saturated heterocycles. The molecular weight excluding hydrogens is 377 g/mol. The van der Waals surface area contributed by atoms with Gasteiger partial charge in [0.15, 0.2) is 5.96 Å². The van der Waals surface area contributed by atoms with Gasteiger partial charge in [-0.1, -0.05) is 39.0 Å². The summed E-state index contributed by atoms with van der Waals surface area (Å²) in [6, 6.07) is 8.42. The van der Waals surface area contributed by atoms with Gasteiger partial charge < -0.3 is 15.8 Å². The zero-order valence-electron chi connectivity index (χ0n) is 13.6. The number of guanidine groups is 1. The predicted octanol–water partition coefficient (Wildman–Crippen LogP) is 3.29. The summed E-state index contributed by atoms with van der Waals surface area (Å²) >= 11 is 0. The van der Waals surface area contributed by atoms with Gasteiger partial charge in [0.2, 0.25) is 0 Å². The molecule has 4 nitrogen and oxygen atoms in total. The van der Waals surface area contributed by atoms with E-state index in [2.05, 4.69) is 37.1 Å². The smallest absolute Gasteiger partial charge is 0.188 e. The summed E-state index contributed by atoms with van der Waals surface area (Å²) in [5, 5.41) is 3.05. The van der Waals surface area contributed by atoms with Crippen molar-refractivity contribution >= 4 is 29.9 Å². The maximum absolute atomic E-state index is 5.83. The first kappa shape index (κ1) is 20.0. The van der Waals surface area contributed by atoms with Gasteiger partial charge in [-0.05, 0) is 30.9 Å². The number of benzene rings is 1. The highest BCUT2D eigenvalue weighted by Crippen LogP contribution is 2.30. The van der Waals surface area contributed by atoms with Gasteiger partial charge in [-0.2, -0.15) is 0 Å². The second-order valence-electron chi connectivity index (χ2n) is 6.16. The molecule has 0 spiro atoms. The largest absolute Gasteiger partial charge is 0.491 e. The van der Waals surface area contributed by atoms with Crippen molar-refractivity contribution in [3.05, 3.63) is 29.8 Å². The van der Waals surface area contributed by atoms with E-state index in [0.29, 0.717) is 25.2 Å². The predicted molar refractivity (Wildman–Crippen MR) is 101 cm³/mol. The minimum absolute atomic E-state index is 0. The third kappa shape index (κ3) is 7.55. The van der Waals surface area contributed by atoms with Gasteiger partial charge in [0.1, 0.15) is 12.4 Å². The van der Waals surface area contributed by atoms with E-state index in [0.717, 1.165) is 5.75 Å². The Morgan fingerprint density at radius 1 is 1.29 bits per heavy atom. The summed E-state index contributed by atoms with van der Waals surface area (Å²) in [7, 11) is 0. The summed E-state index contributed by atoms with van der Waals surface area (Å²) in [4.78, 5) is 4.23. The number of hydrogen-bond donors (Lipinski definition) is 2. The number of ether oxygens (including phenoxy) is 1. The summed E-state index contributed by atoms with van der Waals surface area (Å²) < 4.78 is 5.83. The zero-order chi connectivity index (χ0) is 15.2. The Morgan fingerprint density at radius 3 is 2.48 bits per heavy atom. The molecule has 0 saturated carbocycles. The second kappa shape index (κ2) is 9.12. The van der Waals surface area contributed by atoms with Crippen molar-refractivity contribution in [2.24, 2.45) is 10.7 Å². The maximum atomic E-state index is 5.83. The van der Waals surface area contributed by atoms with Gasteiger partial charge >= 0.3 is 0 Å². The fourth-order valence-corrected chi connectivity index (χ4v) is 1.88. The van der Waals surface area contributed by atoms with Crippen molar-refractivity contribution in [1.82, 2.24) is 5.32 Å². The van der Waals surface area contributed by atoms with Gasteiger partial charge in [0.05, 0.1) is 6.54 Å². The van der Waals surface area contributed by atoms with E-state index in [1.807, 2.05) is 32.0 Å². The Labute approximate surface area is 145 Å². The van der Waals surface area contributed by atoms with Crippen LogP contribution in [-0.2, 0) is 5.41 Å². The van der Waals surface area contributed by atoms with Crippen LogP contribution in [0.2, 0.25) is 0 Å². The number of nitrogens with zero attached hydrogens (tertiary/aromatic N) is 1. The van der Waals surface area contributed by atoms with Crippen LogP contribution in [0, 0.1) is 0 Å². The molecule has 0 aliphatic heterocycles. The molecule has 0 aliphatic carbocycles. The van der Waals surface area contributed by atoms with Crippen molar-refractivity contribution < 1.29 is 4.74 Å². The number of rotatable bonds is 5. The fraction of sp³-hybridized carbons (Fsp3) is 0.562. The van der Waals surface area contributed by atoms with Crippen molar-refractivity contribution in [2.45, 2.75) is 46.1 Å². The lowest BCUT2D eigenvalue weighted by Crippen LogP contribution is -2.37. The molecule has 0 amide bonds. The van der Waals surface area contributed by atoms with E-state index in [-0.39, 0.29) is 29.4 Å². The Hall–Kier alpha value is -0.980. The van der Waals surface area contributed by atoms with Crippen molar-refractivity contribution in [2.75, 3.05) is 13.2 Å². The summed E-state index contributed by atoms with van der Waals surface area (Å²) in [6.45, 7) is 11.7. The molecule has 0 aromatic heterocycles. The van der Waals surface area contributed by atoms with Crippen LogP contribution in [0.3, 0.4) is 0 Å². The topological polar surface area (TPSA) is 59.6 Å². The summed E-state index contributed by atoms with van der Waals surface area (Å²) in [5.41, 5.74) is 7.01. The highest BCUT2D eigenvalue weighted by Gasteiger charge is 2.18. The van der Waals surface area contributed by atoms with Gasteiger partial charge in [0.25, 0.3) is 0 Å². The van der Waals surface area contributed by atoms with E-state index in [4.69, 9.17) is 10.5 Å². The minimum atomic E-state index is 0. The highest BCUT2D eigenvalue weighted by atomic mass is 127. The third-order valence-electron chi connectivity index (χ3n) is 2.76. The number of halogens is 1.